The molecule has 3 rings (SSSR count). The van der Waals surface area contributed by atoms with Crippen LogP contribution in [-0.4, -0.2) is 32.8 Å². The second-order valence-corrected chi connectivity index (χ2v) is 15.1. The van der Waals surface area contributed by atoms with E-state index in [-0.39, 0.29) is 7.43 Å². The van der Waals surface area contributed by atoms with Crippen molar-refractivity contribution >= 4 is 26.8 Å². The van der Waals surface area contributed by atoms with Crippen LogP contribution < -0.4 is 0 Å². The number of hydrogen-bond donors (Lipinski definition) is 0. The van der Waals surface area contributed by atoms with E-state index in [1.807, 2.05) is 0 Å². The van der Waals surface area contributed by atoms with Crippen molar-refractivity contribution in [2.24, 2.45) is 23.7 Å². The molecule has 4 atom stereocenters. The maximum atomic E-state index is 4.89. The molecule has 0 bridgehead atoms. The zero-order valence-electron chi connectivity index (χ0n) is 16.1. The zero-order valence-corrected chi connectivity index (χ0v) is 20.2. The Hall–Kier alpha value is 0.871. The van der Waals surface area contributed by atoms with E-state index >= 15 is 0 Å². The van der Waals surface area contributed by atoms with E-state index in [2.05, 4.69) is 66.4 Å². The molecule has 0 amide bonds. The van der Waals surface area contributed by atoms with Gasteiger partial charge < -0.3 is 22.6 Å². The Morgan fingerprint density at radius 3 is 2.12 bits per heavy atom. The molecule has 0 N–H and O–H groups in total. The van der Waals surface area contributed by atoms with Gasteiger partial charge in [-0.1, -0.05) is 51.2 Å². The van der Waals surface area contributed by atoms with E-state index in [4.69, 9.17) is 18.6 Å². The predicted octanol–water partition coefficient (Wildman–Crippen LogP) is 6.36. The first kappa shape index (κ1) is 23.9. The van der Waals surface area contributed by atoms with Crippen molar-refractivity contribution in [2.45, 2.75) is 38.9 Å². The van der Waals surface area contributed by atoms with Crippen LogP contribution in [0.5, 0.6) is 0 Å². The van der Waals surface area contributed by atoms with Crippen molar-refractivity contribution in [3.63, 3.8) is 0 Å². The van der Waals surface area contributed by atoms with Gasteiger partial charge in [-0.2, -0.15) is 0 Å². The maximum absolute atomic E-state index is 4.89. The van der Waals surface area contributed by atoms with Crippen molar-refractivity contribution < 1.29 is 17.0 Å². The van der Waals surface area contributed by atoms with Gasteiger partial charge in [0.25, 0.3) is 0 Å². The van der Waals surface area contributed by atoms with Crippen molar-refractivity contribution in [3.05, 3.63) is 42.4 Å². The van der Waals surface area contributed by atoms with Crippen LogP contribution in [0.25, 0.3) is 10.6 Å². The number of nitrogens with zero attached hydrogens (tertiary/aromatic N) is 3. The number of rotatable bonds is 3. The summed E-state index contributed by atoms with van der Waals surface area (Å²) in [6, 6.07) is 0. The fraction of sp³-hybridized carbons (Fsp3) is 0.722. The quantitative estimate of drug-likeness (QED) is 0.374. The molecule has 2 fully saturated rings. The molecule has 0 spiro atoms. The second-order valence-electron chi connectivity index (χ2n) is 7.81. The van der Waals surface area contributed by atoms with E-state index in [9.17, 15) is 0 Å². The van der Waals surface area contributed by atoms with E-state index in [0.717, 1.165) is 42.6 Å². The van der Waals surface area contributed by atoms with Crippen molar-refractivity contribution in [1.82, 2.24) is 4.57 Å². The molecule has 0 radical (unpaired) electrons. The summed E-state index contributed by atoms with van der Waals surface area (Å²) >= 11 is -0.556. The van der Waals surface area contributed by atoms with Gasteiger partial charge in [-0.3, -0.25) is 6.67 Å². The summed E-state index contributed by atoms with van der Waals surface area (Å²) in [6.45, 7) is 12.4. The zero-order chi connectivity index (χ0) is 17.7. The van der Waals surface area contributed by atoms with Crippen LogP contribution in [0.2, 0.25) is 18.6 Å². The molecular weight excluding hydrogens is 405 g/mol. The minimum absolute atomic E-state index is 0. The molecule has 3 aliphatic rings. The third-order valence-corrected chi connectivity index (χ3v) is 10.4. The fourth-order valence-electron chi connectivity index (χ4n) is 4.60. The van der Waals surface area contributed by atoms with Crippen LogP contribution in [0.1, 0.15) is 20.3 Å². The van der Waals surface area contributed by atoms with Gasteiger partial charge in [-0.05, 0) is 35.6 Å². The van der Waals surface area contributed by atoms with E-state index in [0.29, 0.717) is 6.67 Å². The third-order valence-electron chi connectivity index (χ3n) is 6.03. The van der Waals surface area contributed by atoms with E-state index in [1.54, 1.807) is 0 Å². The normalized spacial score (nSPS) is 32.1. The Morgan fingerprint density at radius 2 is 1.60 bits per heavy atom. The summed E-state index contributed by atoms with van der Waals surface area (Å²) in [5, 5.41) is 9.03. The second kappa shape index (κ2) is 11.0. The van der Waals surface area contributed by atoms with Crippen LogP contribution in [-0.2, 0) is 17.0 Å². The third kappa shape index (κ3) is 5.68. The fourth-order valence-corrected chi connectivity index (χ4v) is 8.12. The number of halogens is 2. The van der Waals surface area contributed by atoms with Crippen LogP contribution in [0, 0.1) is 31.1 Å². The van der Waals surface area contributed by atoms with Crippen LogP contribution in [0.3, 0.4) is 0 Å². The molecule has 3 nitrogen and oxygen atoms in total. The van der Waals surface area contributed by atoms with Crippen molar-refractivity contribution in [1.29, 1.82) is 0 Å². The van der Waals surface area contributed by atoms with Gasteiger partial charge in [-0.15, -0.1) is 13.3 Å². The van der Waals surface area contributed by atoms with Crippen molar-refractivity contribution in [2.75, 3.05) is 20.0 Å². The first-order valence-electron chi connectivity index (χ1n) is 8.76. The van der Waals surface area contributed by atoms with Gasteiger partial charge in [0.15, 0.2) is 0 Å². The molecule has 1 saturated carbocycles. The molecule has 7 heteroatoms. The first-order valence-corrected chi connectivity index (χ1v) is 16.1. The first-order chi connectivity index (χ1) is 11.4. The Bertz CT molecular complexity index is 454. The van der Waals surface area contributed by atoms with Gasteiger partial charge in [0.1, 0.15) is 8.24 Å². The Labute approximate surface area is 172 Å². The summed E-state index contributed by atoms with van der Waals surface area (Å²) in [4.78, 5) is 0. The standard InChI is InChI=1S/C17H29N3Si.CH3.2ClH.Ti/c1-13(2)16-9-17(15-8-6-5-7-14(15)16)21(3,4)20-11-18-10-19-12-20;;;;/h5-8,13-17H,9-12H2,1-4H3;1H3;2*1H;/q-2;-1;;;+6/p-2/t14?,15?,16-,17?;;;;/m1..../s1. The molecule has 140 valence electrons. The Morgan fingerprint density at radius 1 is 1.08 bits per heavy atom. The number of fused-ring (bicyclic) bond motifs is 1. The SMILES string of the molecule is CC(C)[C@H]1CC([Si](C)(C)N2C[N-]C[N-]C2)C2C=CC=CC21.[CH3-].[Cl][Ti+4][Cl]. The summed E-state index contributed by atoms with van der Waals surface area (Å²) in [5.41, 5.74) is 0.833. The Kier molecular flexibility index (Phi) is 10.5. The van der Waals surface area contributed by atoms with Gasteiger partial charge in [0, 0.05) is 0 Å². The Balaban J connectivity index is 0.000000730. The molecule has 1 saturated heterocycles. The monoisotopic (exact) mass is 436 g/mol. The number of allylic oxidation sites excluding steroid dienone is 4. The van der Waals surface area contributed by atoms with Crippen LogP contribution >= 0.6 is 18.6 Å². The minimum atomic E-state index is -1.50. The molecule has 3 unspecified atom stereocenters. The number of hydrogen-bond acceptors (Lipinski definition) is 1. The van der Waals surface area contributed by atoms with Gasteiger partial charge in [-0.25, -0.2) is 0 Å². The average Bonchev–Trinajstić information content (AvgIpc) is 2.97. The molecular formula is C18H32Cl2N3SiTi+. The van der Waals surface area contributed by atoms with Crippen molar-refractivity contribution in [3.8, 4) is 0 Å². The predicted molar refractivity (Wildman–Crippen MR) is 111 cm³/mol. The summed E-state index contributed by atoms with van der Waals surface area (Å²) in [5.74, 6) is 3.11. The molecule has 2 aliphatic carbocycles. The summed E-state index contributed by atoms with van der Waals surface area (Å²) < 4.78 is 2.60. The topological polar surface area (TPSA) is 31.4 Å². The van der Waals surface area contributed by atoms with E-state index in [1.165, 1.54) is 6.42 Å². The summed E-state index contributed by atoms with van der Waals surface area (Å²) in [7, 11) is 8.27. The molecule has 0 aromatic rings. The molecule has 25 heavy (non-hydrogen) atoms. The van der Waals surface area contributed by atoms with E-state index < -0.39 is 25.3 Å². The molecule has 1 aliphatic heterocycles. The average molecular weight is 437 g/mol. The van der Waals surface area contributed by atoms with Gasteiger partial charge in [0.2, 0.25) is 0 Å². The molecule has 0 aromatic heterocycles. The summed E-state index contributed by atoms with van der Waals surface area (Å²) in [6.07, 6.45) is 10.9. The van der Waals surface area contributed by atoms with Gasteiger partial charge in [0.05, 0.1) is 0 Å². The van der Waals surface area contributed by atoms with Crippen LogP contribution in [0.15, 0.2) is 24.3 Å². The molecule has 0 aromatic carbocycles. The van der Waals surface area contributed by atoms with Gasteiger partial charge >= 0.3 is 35.6 Å². The van der Waals surface area contributed by atoms with Crippen LogP contribution in [0.4, 0.5) is 0 Å². The molecule has 1 heterocycles.